The molecule has 0 saturated heterocycles. The fourth-order valence-corrected chi connectivity index (χ4v) is 2.22. The van der Waals surface area contributed by atoms with Crippen LogP contribution in [0.5, 0.6) is 0 Å². The van der Waals surface area contributed by atoms with Crippen molar-refractivity contribution in [1.82, 2.24) is 0 Å². The zero-order valence-corrected chi connectivity index (χ0v) is 11.4. The van der Waals surface area contributed by atoms with Gasteiger partial charge in [-0.2, -0.15) is 0 Å². The van der Waals surface area contributed by atoms with Gasteiger partial charge in [0.15, 0.2) is 0 Å². The lowest BCUT2D eigenvalue weighted by atomic mass is 9.78. The van der Waals surface area contributed by atoms with E-state index in [2.05, 4.69) is 0 Å². The summed E-state index contributed by atoms with van der Waals surface area (Å²) in [6, 6.07) is 0. The van der Waals surface area contributed by atoms with Crippen molar-refractivity contribution in [1.29, 1.82) is 0 Å². The minimum Gasteiger partial charge on any atom is -0.469 e. The molecule has 5 heteroatoms. The van der Waals surface area contributed by atoms with Crippen LogP contribution in [0.4, 0.5) is 0 Å². The first-order valence-corrected chi connectivity index (χ1v) is 6.23. The molecule has 1 aliphatic carbocycles. The van der Waals surface area contributed by atoms with Gasteiger partial charge in [-0.1, -0.05) is 0 Å². The maximum atomic E-state index is 12.0. The number of ether oxygens (including phenoxy) is 2. The number of rotatable bonds is 2. The second-order valence-corrected chi connectivity index (χ2v) is 5.74. The number of carbonyl (C=O) groups excluding carboxylic acids is 2. The molecule has 5 nitrogen and oxygen atoms in total. The van der Waals surface area contributed by atoms with Crippen LogP contribution in [0.3, 0.4) is 0 Å². The Kier molecular flexibility index (Phi) is 4.73. The van der Waals surface area contributed by atoms with Crippen LogP contribution in [-0.2, 0) is 19.1 Å². The van der Waals surface area contributed by atoms with Crippen molar-refractivity contribution in [3.8, 4) is 0 Å². The van der Waals surface area contributed by atoms with E-state index in [9.17, 15) is 14.7 Å². The first-order valence-electron chi connectivity index (χ1n) is 6.23. The third-order valence-corrected chi connectivity index (χ3v) is 3.04. The van der Waals surface area contributed by atoms with E-state index in [0.717, 1.165) is 0 Å². The summed E-state index contributed by atoms with van der Waals surface area (Å²) in [5, 5.41) is 9.60. The summed E-state index contributed by atoms with van der Waals surface area (Å²) in [5.41, 5.74) is -0.576. The highest BCUT2D eigenvalue weighted by Gasteiger charge is 2.41. The lowest BCUT2D eigenvalue weighted by Crippen LogP contribution is -2.40. The van der Waals surface area contributed by atoms with Crippen LogP contribution < -0.4 is 0 Å². The molecule has 0 unspecified atom stereocenters. The van der Waals surface area contributed by atoms with Gasteiger partial charge < -0.3 is 14.6 Å². The molecule has 1 fully saturated rings. The van der Waals surface area contributed by atoms with E-state index in [-0.39, 0.29) is 12.4 Å². The van der Waals surface area contributed by atoms with E-state index >= 15 is 0 Å². The standard InChI is InChI=1S/C13H22O5/c1-13(2,3)18-12(16)9-6-5-8(14)7-10(9)11(15)17-4/h8-10,14H,5-7H2,1-4H3/t8-,9+,10-/m0/s1. The van der Waals surface area contributed by atoms with Gasteiger partial charge in [0, 0.05) is 0 Å². The maximum absolute atomic E-state index is 12.0. The fourth-order valence-electron chi connectivity index (χ4n) is 2.22. The Hall–Kier alpha value is -1.10. The monoisotopic (exact) mass is 258 g/mol. The van der Waals surface area contributed by atoms with E-state index in [1.54, 1.807) is 20.8 Å². The van der Waals surface area contributed by atoms with Crippen molar-refractivity contribution in [3.05, 3.63) is 0 Å². The molecule has 0 aromatic carbocycles. The molecule has 18 heavy (non-hydrogen) atoms. The largest absolute Gasteiger partial charge is 0.469 e. The molecule has 3 atom stereocenters. The molecule has 0 bridgehead atoms. The molecular formula is C13H22O5. The lowest BCUT2D eigenvalue weighted by Gasteiger charge is -2.32. The van der Waals surface area contributed by atoms with Gasteiger partial charge in [-0.05, 0) is 40.0 Å². The molecule has 0 spiro atoms. The first kappa shape index (κ1) is 15.0. The Morgan fingerprint density at radius 1 is 1.11 bits per heavy atom. The minimum absolute atomic E-state index is 0.260. The van der Waals surface area contributed by atoms with Crippen molar-refractivity contribution < 1.29 is 24.2 Å². The zero-order chi connectivity index (χ0) is 13.9. The highest BCUT2D eigenvalue weighted by atomic mass is 16.6. The maximum Gasteiger partial charge on any atom is 0.310 e. The van der Waals surface area contributed by atoms with Crippen LogP contribution in [0, 0.1) is 11.8 Å². The number of methoxy groups -OCH3 is 1. The topological polar surface area (TPSA) is 72.8 Å². The van der Waals surface area contributed by atoms with E-state index in [1.807, 2.05) is 0 Å². The summed E-state index contributed by atoms with van der Waals surface area (Å²) in [7, 11) is 1.29. The molecule has 0 aromatic rings. The van der Waals surface area contributed by atoms with E-state index < -0.39 is 29.5 Å². The van der Waals surface area contributed by atoms with Gasteiger partial charge in [-0.25, -0.2) is 0 Å². The van der Waals surface area contributed by atoms with Crippen LogP contribution in [0.2, 0.25) is 0 Å². The Balaban J connectivity index is 2.77. The Labute approximate surface area is 107 Å². The average Bonchev–Trinajstić information content (AvgIpc) is 2.25. The molecule has 0 aliphatic heterocycles. The molecule has 104 valence electrons. The van der Waals surface area contributed by atoms with Gasteiger partial charge >= 0.3 is 11.9 Å². The fraction of sp³-hybridized carbons (Fsp3) is 0.846. The van der Waals surface area contributed by atoms with Gasteiger partial charge in [-0.15, -0.1) is 0 Å². The third kappa shape index (κ3) is 3.98. The lowest BCUT2D eigenvalue weighted by molar-refractivity contribution is -0.171. The molecular weight excluding hydrogens is 236 g/mol. The zero-order valence-electron chi connectivity index (χ0n) is 11.4. The molecule has 0 radical (unpaired) electrons. The van der Waals surface area contributed by atoms with E-state index in [0.29, 0.717) is 12.8 Å². The summed E-state index contributed by atoms with van der Waals surface area (Å²) in [6.45, 7) is 5.36. The third-order valence-electron chi connectivity index (χ3n) is 3.04. The van der Waals surface area contributed by atoms with Gasteiger partial charge in [0.05, 0.1) is 25.0 Å². The normalized spacial score (nSPS) is 28.6. The average molecular weight is 258 g/mol. The molecule has 0 heterocycles. The van der Waals surface area contributed by atoms with Crippen LogP contribution >= 0.6 is 0 Å². The van der Waals surface area contributed by atoms with Gasteiger partial charge in [0.1, 0.15) is 5.60 Å². The molecule has 0 amide bonds. The van der Waals surface area contributed by atoms with Crippen LogP contribution in [0.25, 0.3) is 0 Å². The number of aliphatic hydroxyl groups excluding tert-OH is 1. The van der Waals surface area contributed by atoms with Crippen molar-refractivity contribution in [2.75, 3.05) is 7.11 Å². The molecule has 1 saturated carbocycles. The van der Waals surface area contributed by atoms with Crippen LogP contribution in [0.1, 0.15) is 40.0 Å². The number of esters is 2. The summed E-state index contributed by atoms with van der Waals surface area (Å²) in [4.78, 5) is 23.7. The highest BCUT2D eigenvalue weighted by molar-refractivity contribution is 5.82. The SMILES string of the molecule is COC(=O)[C@H]1C[C@@H](O)CC[C@H]1C(=O)OC(C)(C)C. The predicted octanol–water partition coefficient (Wildman–Crippen LogP) is 1.28. The Bertz CT molecular complexity index is 318. The number of hydrogen-bond donors (Lipinski definition) is 1. The summed E-state index contributed by atoms with van der Waals surface area (Å²) >= 11 is 0. The van der Waals surface area contributed by atoms with Crippen LogP contribution in [0.15, 0.2) is 0 Å². The minimum atomic E-state index is -0.603. The number of hydrogen-bond acceptors (Lipinski definition) is 5. The summed E-state index contributed by atoms with van der Waals surface area (Å²) < 4.78 is 10.00. The molecule has 1 rings (SSSR count). The quantitative estimate of drug-likeness (QED) is 0.755. The summed E-state index contributed by atoms with van der Waals surface area (Å²) in [6.07, 6.45) is 0.678. The van der Waals surface area contributed by atoms with Crippen molar-refractivity contribution >= 4 is 11.9 Å². The smallest absolute Gasteiger partial charge is 0.310 e. The predicted molar refractivity (Wildman–Crippen MR) is 64.7 cm³/mol. The second-order valence-electron chi connectivity index (χ2n) is 5.74. The van der Waals surface area contributed by atoms with Crippen LogP contribution in [-0.4, -0.2) is 35.9 Å². The Morgan fingerprint density at radius 3 is 2.22 bits per heavy atom. The van der Waals surface area contributed by atoms with Crippen molar-refractivity contribution in [2.45, 2.75) is 51.7 Å². The van der Waals surface area contributed by atoms with E-state index in [1.165, 1.54) is 7.11 Å². The van der Waals surface area contributed by atoms with Gasteiger partial charge in [-0.3, -0.25) is 9.59 Å². The van der Waals surface area contributed by atoms with E-state index in [4.69, 9.17) is 9.47 Å². The second kappa shape index (κ2) is 5.69. The number of aliphatic hydroxyl groups is 1. The first-order chi connectivity index (χ1) is 8.24. The molecule has 1 N–H and O–H groups in total. The van der Waals surface area contributed by atoms with Crippen molar-refractivity contribution in [3.63, 3.8) is 0 Å². The highest BCUT2D eigenvalue weighted by Crippen LogP contribution is 2.33. The van der Waals surface area contributed by atoms with Crippen molar-refractivity contribution in [2.24, 2.45) is 11.8 Å². The van der Waals surface area contributed by atoms with Gasteiger partial charge in [0.2, 0.25) is 0 Å². The summed E-state index contributed by atoms with van der Waals surface area (Å²) in [5.74, 6) is -1.96. The molecule has 1 aliphatic rings. The number of carbonyl (C=O) groups is 2. The van der Waals surface area contributed by atoms with Gasteiger partial charge in [0.25, 0.3) is 0 Å². The Morgan fingerprint density at radius 2 is 1.72 bits per heavy atom. The molecule has 0 aromatic heterocycles.